The van der Waals surface area contributed by atoms with Gasteiger partial charge >= 0.3 is 7.82 Å². The summed E-state index contributed by atoms with van der Waals surface area (Å²) in [6.45, 7) is 1.90. The Balaban J connectivity index is 1.83. The standard InChI is InChI=1S/C24H34NO7P/c1-2-3-4-5-6-7-16-31-23-14-12-20(13-15-23)19-8-10-21(11-9-19)24(27)25-22(17-26)18-32-33(28,29)30/h8-15,22,26H,2-7,16-18H2,1H3,(H,25,27)(H2,28,29,30)/t22-/m1/s1. The maximum Gasteiger partial charge on any atom is 0.469 e. The molecule has 8 nitrogen and oxygen atoms in total. The number of phosphoric acid groups is 1. The van der Waals surface area contributed by atoms with E-state index in [-0.39, 0.29) is 0 Å². The van der Waals surface area contributed by atoms with E-state index >= 15 is 0 Å². The van der Waals surface area contributed by atoms with Crippen molar-refractivity contribution in [1.29, 1.82) is 0 Å². The van der Waals surface area contributed by atoms with Crippen molar-refractivity contribution in [3.63, 3.8) is 0 Å². The largest absolute Gasteiger partial charge is 0.494 e. The van der Waals surface area contributed by atoms with Gasteiger partial charge in [-0.1, -0.05) is 63.3 Å². The summed E-state index contributed by atoms with van der Waals surface area (Å²) in [5.74, 6) is 0.351. The van der Waals surface area contributed by atoms with Crippen LogP contribution in [0.1, 0.15) is 55.8 Å². The van der Waals surface area contributed by atoms with Crippen LogP contribution in [0.5, 0.6) is 5.75 Å². The molecule has 0 heterocycles. The van der Waals surface area contributed by atoms with Gasteiger partial charge in [-0.25, -0.2) is 4.57 Å². The van der Waals surface area contributed by atoms with Gasteiger partial charge in [-0.2, -0.15) is 0 Å². The number of carbonyl (C=O) groups is 1. The van der Waals surface area contributed by atoms with E-state index in [1.165, 1.54) is 32.1 Å². The number of aliphatic hydroxyl groups excluding tert-OH is 1. The smallest absolute Gasteiger partial charge is 0.469 e. The lowest BCUT2D eigenvalue weighted by molar-refractivity contribution is 0.0867. The number of unbranched alkanes of at least 4 members (excludes halogenated alkanes) is 5. The second-order valence-corrected chi connectivity index (χ2v) is 9.10. The first-order valence-electron chi connectivity index (χ1n) is 11.3. The van der Waals surface area contributed by atoms with Gasteiger partial charge in [0.05, 0.1) is 25.9 Å². The first-order valence-corrected chi connectivity index (χ1v) is 12.8. The van der Waals surface area contributed by atoms with Gasteiger partial charge in [-0.3, -0.25) is 9.32 Å². The van der Waals surface area contributed by atoms with Crippen LogP contribution in [0.3, 0.4) is 0 Å². The predicted molar refractivity (Wildman–Crippen MR) is 127 cm³/mol. The zero-order valence-corrected chi connectivity index (χ0v) is 19.9. The fourth-order valence-corrected chi connectivity index (χ4v) is 3.60. The number of ether oxygens (including phenoxy) is 1. The molecule has 0 aliphatic rings. The summed E-state index contributed by atoms with van der Waals surface area (Å²) < 4.78 is 20.9. The van der Waals surface area contributed by atoms with Crippen LogP contribution in [0.25, 0.3) is 11.1 Å². The number of rotatable bonds is 15. The minimum absolute atomic E-state index is 0.354. The molecule has 2 aromatic carbocycles. The third kappa shape index (κ3) is 10.5. The lowest BCUT2D eigenvalue weighted by atomic mass is 10.0. The second kappa shape index (κ2) is 14.1. The molecule has 0 fully saturated rings. The van der Waals surface area contributed by atoms with Crippen LogP contribution in [0.15, 0.2) is 48.5 Å². The Morgan fingerprint density at radius 2 is 1.52 bits per heavy atom. The summed E-state index contributed by atoms with van der Waals surface area (Å²) in [4.78, 5) is 29.8. The highest BCUT2D eigenvalue weighted by Crippen LogP contribution is 2.35. The normalized spacial score (nSPS) is 12.4. The van der Waals surface area contributed by atoms with Crippen LogP contribution in [-0.2, 0) is 9.09 Å². The van der Waals surface area contributed by atoms with Crippen molar-refractivity contribution in [3.05, 3.63) is 54.1 Å². The number of hydrogen-bond donors (Lipinski definition) is 4. The van der Waals surface area contributed by atoms with E-state index in [4.69, 9.17) is 14.5 Å². The predicted octanol–water partition coefficient (Wildman–Crippen LogP) is 4.29. The van der Waals surface area contributed by atoms with Gasteiger partial charge in [0, 0.05) is 5.56 Å². The van der Waals surface area contributed by atoms with Crippen molar-refractivity contribution in [2.24, 2.45) is 0 Å². The van der Waals surface area contributed by atoms with Gasteiger partial charge in [-0.15, -0.1) is 0 Å². The van der Waals surface area contributed by atoms with E-state index in [2.05, 4.69) is 16.8 Å². The Labute approximate surface area is 195 Å². The fourth-order valence-electron chi connectivity index (χ4n) is 3.23. The molecule has 1 amide bonds. The second-order valence-electron chi connectivity index (χ2n) is 7.86. The number of amides is 1. The van der Waals surface area contributed by atoms with Crippen LogP contribution in [-0.4, -0.2) is 46.7 Å². The Kier molecular flexibility index (Phi) is 11.6. The molecule has 0 saturated carbocycles. The van der Waals surface area contributed by atoms with Crippen molar-refractivity contribution in [1.82, 2.24) is 5.32 Å². The van der Waals surface area contributed by atoms with Crippen molar-refractivity contribution in [2.45, 2.75) is 51.5 Å². The number of hydrogen-bond acceptors (Lipinski definition) is 5. The van der Waals surface area contributed by atoms with Gasteiger partial charge in [0.25, 0.3) is 5.91 Å². The molecule has 1 atom stereocenters. The van der Waals surface area contributed by atoms with Gasteiger partial charge in [0.1, 0.15) is 5.75 Å². The molecule has 0 radical (unpaired) electrons. The van der Waals surface area contributed by atoms with Crippen LogP contribution < -0.4 is 10.1 Å². The number of nitrogens with one attached hydrogen (secondary N) is 1. The van der Waals surface area contributed by atoms with Gasteiger partial charge < -0.3 is 24.9 Å². The van der Waals surface area contributed by atoms with Gasteiger partial charge in [0.2, 0.25) is 0 Å². The Morgan fingerprint density at radius 1 is 0.939 bits per heavy atom. The van der Waals surface area contributed by atoms with Crippen molar-refractivity contribution in [3.8, 4) is 16.9 Å². The number of phosphoric ester groups is 1. The van der Waals surface area contributed by atoms with E-state index in [1.54, 1.807) is 24.3 Å². The van der Waals surface area contributed by atoms with Gasteiger partial charge in [-0.05, 0) is 41.8 Å². The molecule has 2 rings (SSSR count). The molecule has 0 bridgehead atoms. The molecule has 0 unspecified atom stereocenters. The average molecular weight is 480 g/mol. The maximum atomic E-state index is 12.3. The summed E-state index contributed by atoms with van der Waals surface area (Å²) in [5, 5.41) is 11.8. The monoisotopic (exact) mass is 479 g/mol. The molecule has 0 aromatic heterocycles. The molecular formula is C24H34NO7P. The summed E-state index contributed by atoms with van der Waals surface area (Å²) in [6, 6.07) is 13.8. The van der Waals surface area contributed by atoms with E-state index in [9.17, 15) is 14.5 Å². The minimum atomic E-state index is -4.68. The van der Waals surface area contributed by atoms with Crippen LogP contribution in [0, 0.1) is 0 Å². The van der Waals surface area contributed by atoms with Crippen molar-refractivity contribution in [2.75, 3.05) is 19.8 Å². The maximum absolute atomic E-state index is 12.3. The highest BCUT2D eigenvalue weighted by atomic mass is 31.2. The van der Waals surface area contributed by atoms with Crippen LogP contribution >= 0.6 is 7.82 Å². The van der Waals surface area contributed by atoms with Gasteiger partial charge in [0.15, 0.2) is 0 Å². The van der Waals surface area contributed by atoms with E-state index in [1.807, 2.05) is 24.3 Å². The first-order chi connectivity index (χ1) is 15.8. The Morgan fingerprint density at radius 3 is 2.09 bits per heavy atom. The summed E-state index contributed by atoms with van der Waals surface area (Å²) in [5.41, 5.74) is 2.27. The lowest BCUT2D eigenvalue weighted by Gasteiger charge is -2.16. The Hall–Kier alpha value is -2.22. The molecule has 33 heavy (non-hydrogen) atoms. The topological polar surface area (TPSA) is 125 Å². The van der Waals surface area contributed by atoms with E-state index < -0.39 is 33.0 Å². The van der Waals surface area contributed by atoms with E-state index in [0.717, 1.165) is 23.3 Å². The zero-order valence-electron chi connectivity index (χ0n) is 19.0. The third-order valence-electron chi connectivity index (χ3n) is 5.10. The zero-order chi connectivity index (χ0) is 24.1. The van der Waals surface area contributed by atoms with Crippen LogP contribution in [0.2, 0.25) is 0 Å². The molecular weight excluding hydrogens is 445 g/mol. The molecule has 2 aromatic rings. The molecule has 0 aliphatic carbocycles. The molecule has 0 saturated heterocycles. The highest BCUT2D eigenvalue weighted by Gasteiger charge is 2.19. The van der Waals surface area contributed by atoms with Crippen molar-refractivity contribution >= 4 is 13.7 Å². The Bertz CT molecular complexity index is 881. The van der Waals surface area contributed by atoms with E-state index in [0.29, 0.717) is 12.2 Å². The third-order valence-corrected chi connectivity index (χ3v) is 5.59. The summed E-state index contributed by atoms with van der Waals surface area (Å²) >= 11 is 0. The molecule has 0 spiro atoms. The first kappa shape index (κ1) is 27.0. The molecule has 182 valence electrons. The lowest BCUT2D eigenvalue weighted by Crippen LogP contribution is -2.40. The fraction of sp³-hybridized carbons (Fsp3) is 0.458. The quantitative estimate of drug-likeness (QED) is 0.222. The molecule has 0 aliphatic heterocycles. The number of carbonyl (C=O) groups excluding carboxylic acids is 1. The van der Waals surface area contributed by atoms with Crippen molar-refractivity contribution < 1.29 is 33.5 Å². The number of benzene rings is 2. The molecule has 4 N–H and O–H groups in total. The summed E-state index contributed by atoms with van der Waals surface area (Å²) in [7, 11) is -4.68. The SMILES string of the molecule is CCCCCCCCOc1ccc(-c2ccc(C(=O)N[C@H](CO)COP(=O)(O)O)cc2)cc1. The minimum Gasteiger partial charge on any atom is -0.494 e. The average Bonchev–Trinajstić information content (AvgIpc) is 2.81. The van der Waals surface area contributed by atoms with Crippen LogP contribution in [0.4, 0.5) is 0 Å². The highest BCUT2D eigenvalue weighted by molar-refractivity contribution is 7.46. The molecule has 9 heteroatoms. The summed E-state index contributed by atoms with van der Waals surface area (Å²) in [6.07, 6.45) is 7.34. The number of aliphatic hydroxyl groups is 1.